The third-order valence-corrected chi connectivity index (χ3v) is 1.10. The number of ether oxygens (including phenoxy) is 1. The van der Waals surface area contributed by atoms with Crippen LogP contribution in [-0.4, -0.2) is 18.0 Å². The zero-order chi connectivity index (χ0) is 8.04. The van der Waals surface area contributed by atoms with E-state index in [1.165, 1.54) is 0 Å². The van der Waals surface area contributed by atoms with Gasteiger partial charge in [-0.05, 0) is 20.8 Å². The Bertz CT molecular complexity index is 102. The lowest BCUT2D eigenvalue weighted by molar-refractivity contribution is 0.0149. The Morgan fingerprint density at radius 2 is 1.90 bits per heavy atom. The normalized spacial score (nSPS) is 12.8. The van der Waals surface area contributed by atoms with Crippen molar-refractivity contribution in [2.45, 2.75) is 26.4 Å². The van der Waals surface area contributed by atoms with Gasteiger partial charge in [0.25, 0.3) is 0 Å². The van der Waals surface area contributed by atoms with Crippen molar-refractivity contribution in [1.29, 1.82) is 0 Å². The second kappa shape index (κ2) is 4.80. The van der Waals surface area contributed by atoms with Crippen LogP contribution < -0.4 is 0 Å². The van der Waals surface area contributed by atoms with Gasteiger partial charge in [0, 0.05) is 5.75 Å². The van der Waals surface area contributed by atoms with E-state index < -0.39 is 0 Å². The van der Waals surface area contributed by atoms with Crippen LogP contribution in [0, 0.1) is 0 Å². The van der Waals surface area contributed by atoms with E-state index in [1.807, 2.05) is 32.9 Å². The molecule has 0 aliphatic heterocycles. The van der Waals surface area contributed by atoms with Gasteiger partial charge in [0.15, 0.2) is 0 Å². The Balaban J connectivity index is 3.28. The van der Waals surface area contributed by atoms with Crippen LogP contribution >= 0.6 is 12.6 Å². The lowest BCUT2D eigenvalue weighted by Gasteiger charge is -2.17. The first-order valence-electron chi connectivity index (χ1n) is 3.46. The van der Waals surface area contributed by atoms with Crippen LogP contribution in [0.4, 0.5) is 0 Å². The summed E-state index contributed by atoms with van der Waals surface area (Å²) >= 11 is 4.02. The SMILES string of the molecule is CC(C)(C)OCC=CCS. The molecule has 0 heterocycles. The van der Waals surface area contributed by atoms with Gasteiger partial charge >= 0.3 is 0 Å². The summed E-state index contributed by atoms with van der Waals surface area (Å²) in [4.78, 5) is 0. The molecule has 0 aromatic carbocycles. The maximum atomic E-state index is 5.41. The summed E-state index contributed by atoms with van der Waals surface area (Å²) in [6.07, 6.45) is 3.97. The summed E-state index contributed by atoms with van der Waals surface area (Å²) in [5.41, 5.74) is -0.0268. The molecule has 0 saturated carbocycles. The van der Waals surface area contributed by atoms with Crippen molar-refractivity contribution in [3.8, 4) is 0 Å². The quantitative estimate of drug-likeness (QED) is 0.492. The van der Waals surface area contributed by atoms with Crippen molar-refractivity contribution in [3.63, 3.8) is 0 Å². The van der Waals surface area contributed by atoms with E-state index in [0.29, 0.717) is 6.61 Å². The van der Waals surface area contributed by atoms with Gasteiger partial charge in [-0.15, -0.1) is 0 Å². The van der Waals surface area contributed by atoms with Crippen molar-refractivity contribution in [3.05, 3.63) is 12.2 Å². The lowest BCUT2D eigenvalue weighted by Crippen LogP contribution is -2.18. The Morgan fingerprint density at radius 1 is 1.30 bits per heavy atom. The van der Waals surface area contributed by atoms with Gasteiger partial charge < -0.3 is 4.74 Å². The third kappa shape index (κ3) is 8.05. The molecule has 0 atom stereocenters. The fourth-order valence-corrected chi connectivity index (χ4v) is 0.590. The number of thiol groups is 1. The van der Waals surface area contributed by atoms with E-state index in [2.05, 4.69) is 12.6 Å². The fourth-order valence-electron chi connectivity index (χ4n) is 0.441. The molecule has 0 bridgehead atoms. The van der Waals surface area contributed by atoms with Gasteiger partial charge in [-0.3, -0.25) is 0 Å². The summed E-state index contributed by atoms with van der Waals surface area (Å²) in [6, 6.07) is 0. The van der Waals surface area contributed by atoms with Gasteiger partial charge in [0.05, 0.1) is 12.2 Å². The largest absolute Gasteiger partial charge is 0.372 e. The smallest absolute Gasteiger partial charge is 0.0654 e. The van der Waals surface area contributed by atoms with Crippen LogP contribution in [0.15, 0.2) is 12.2 Å². The third-order valence-electron chi connectivity index (χ3n) is 0.885. The topological polar surface area (TPSA) is 9.23 Å². The number of hydrogen-bond acceptors (Lipinski definition) is 2. The Kier molecular flexibility index (Phi) is 4.83. The molecule has 10 heavy (non-hydrogen) atoms. The lowest BCUT2D eigenvalue weighted by atomic mass is 10.2. The molecule has 0 aliphatic carbocycles. The van der Waals surface area contributed by atoms with Crippen LogP contribution in [0.3, 0.4) is 0 Å². The Hall–Kier alpha value is 0.0500. The second-order valence-electron chi connectivity index (χ2n) is 3.08. The highest BCUT2D eigenvalue weighted by atomic mass is 32.1. The molecule has 0 N–H and O–H groups in total. The van der Waals surface area contributed by atoms with Crippen LogP contribution in [0.25, 0.3) is 0 Å². The zero-order valence-corrected chi connectivity index (χ0v) is 7.82. The fraction of sp³-hybridized carbons (Fsp3) is 0.750. The average Bonchev–Trinajstić information content (AvgIpc) is 1.78. The van der Waals surface area contributed by atoms with E-state index in [-0.39, 0.29) is 5.60 Å². The minimum atomic E-state index is -0.0268. The predicted molar refractivity (Wildman–Crippen MR) is 48.7 cm³/mol. The van der Waals surface area contributed by atoms with Crippen molar-refractivity contribution in [2.24, 2.45) is 0 Å². The summed E-state index contributed by atoms with van der Waals surface area (Å²) in [6.45, 7) is 6.81. The highest BCUT2D eigenvalue weighted by molar-refractivity contribution is 7.80. The molecule has 0 aromatic rings. The highest BCUT2D eigenvalue weighted by Gasteiger charge is 2.07. The van der Waals surface area contributed by atoms with E-state index in [0.717, 1.165) is 5.75 Å². The first kappa shape index (κ1) is 10.0. The molecule has 0 radical (unpaired) electrons. The summed E-state index contributed by atoms with van der Waals surface area (Å²) in [5.74, 6) is 0.785. The molecule has 0 spiro atoms. The van der Waals surface area contributed by atoms with Crippen molar-refractivity contribution in [2.75, 3.05) is 12.4 Å². The van der Waals surface area contributed by atoms with Gasteiger partial charge in [0.2, 0.25) is 0 Å². The average molecular weight is 160 g/mol. The molecule has 60 valence electrons. The minimum absolute atomic E-state index is 0.0268. The molecule has 0 aromatic heterocycles. The summed E-state index contributed by atoms with van der Waals surface area (Å²) < 4.78 is 5.41. The van der Waals surface area contributed by atoms with E-state index in [1.54, 1.807) is 0 Å². The molecule has 2 heteroatoms. The van der Waals surface area contributed by atoms with Gasteiger partial charge in [-0.2, -0.15) is 12.6 Å². The first-order chi connectivity index (χ1) is 4.56. The van der Waals surface area contributed by atoms with Crippen molar-refractivity contribution >= 4 is 12.6 Å². The zero-order valence-electron chi connectivity index (χ0n) is 6.92. The molecule has 0 rings (SSSR count). The van der Waals surface area contributed by atoms with Gasteiger partial charge in [0.1, 0.15) is 0 Å². The monoisotopic (exact) mass is 160 g/mol. The molecule has 1 nitrogen and oxygen atoms in total. The highest BCUT2D eigenvalue weighted by Crippen LogP contribution is 2.05. The maximum Gasteiger partial charge on any atom is 0.0654 e. The van der Waals surface area contributed by atoms with Crippen LogP contribution in [0.2, 0.25) is 0 Å². The molecule has 0 aliphatic rings. The van der Waals surface area contributed by atoms with E-state index in [9.17, 15) is 0 Å². The molecule has 0 amide bonds. The maximum absolute atomic E-state index is 5.41. The summed E-state index contributed by atoms with van der Waals surface area (Å²) in [7, 11) is 0. The van der Waals surface area contributed by atoms with Crippen LogP contribution in [0.1, 0.15) is 20.8 Å². The van der Waals surface area contributed by atoms with Gasteiger partial charge in [-0.1, -0.05) is 12.2 Å². The molecule has 0 saturated heterocycles. The van der Waals surface area contributed by atoms with Crippen molar-refractivity contribution in [1.82, 2.24) is 0 Å². The van der Waals surface area contributed by atoms with E-state index >= 15 is 0 Å². The number of rotatable bonds is 3. The van der Waals surface area contributed by atoms with Gasteiger partial charge in [-0.25, -0.2) is 0 Å². The molecule has 0 fully saturated rings. The standard InChI is InChI=1S/C8H16OS/c1-8(2,3)9-6-4-5-7-10/h4-5,10H,6-7H2,1-3H3. The summed E-state index contributed by atoms with van der Waals surface area (Å²) in [5, 5.41) is 0. The van der Waals surface area contributed by atoms with Crippen LogP contribution in [-0.2, 0) is 4.74 Å². The van der Waals surface area contributed by atoms with Crippen molar-refractivity contribution < 1.29 is 4.74 Å². The minimum Gasteiger partial charge on any atom is -0.372 e. The van der Waals surface area contributed by atoms with Crippen LogP contribution in [0.5, 0.6) is 0 Å². The molecular formula is C8H16OS. The Morgan fingerprint density at radius 3 is 2.30 bits per heavy atom. The predicted octanol–water partition coefficient (Wildman–Crippen LogP) is 2.29. The number of hydrogen-bond donors (Lipinski definition) is 1. The first-order valence-corrected chi connectivity index (χ1v) is 4.09. The second-order valence-corrected chi connectivity index (χ2v) is 3.44. The molecule has 0 unspecified atom stereocenters. The van der Waals surface area contributed by atoms with E-state index in [4.69, 9.17) is 4.74 Å². The molecular weight excluding hydrogens is 144 g/mol. The Labute approximate surface area is 68.9 Å².